The van der Waals surface area contributed by atoms with E-state index < -0.39 is 97.5 Å². The summed E-state index contributed by atoms with van der Waals surface area (Å²) in [5, 5.41) is 10.5. The molecule has 0 saturated heterocycles. The average Bonchev–Trinajstić information content (AvgIpc) is 3.60. The van der Waals surface area contributed by atoms with E-state index in [9.17, 15) is 43.2 Å². The number of aliphatic hydroxyl groups excluding tert-OH is 1. The molecule has 19 heteroatoms. The molecule has 0 amide bonds. The lowest BCUT2D eigenvalue weighted by Crippen LogP contribution is -2.30. The maximum atomic E-state index is 13.0. The van der Waals surface area contributed by atoms with Crippen LogP contribution in [0.5, 0.6) is 0 Å². The second kappa shape index (κ2) is 60.0. The molecule has 0 aliphatic carbocycles. The van der Waals surface area contributed by atoms with Gasteiger partial charge in [0.2, 0.25) is 0 Å². The highest BCUT2D eigenvalue weighted by Gasteiger charge is 2.30. The molecule has 17 nitrogen and oxygen atoms in total. The summed E-state index contributed by atoms with van der Waals surface area (Å²) in [6, 6.07) is 0. The summed E-state index contributed by atoms with van der Waals surface area (Å²) in [6.07, 6.45) is 45.7. The van der Waals surface area contributed by atoms with Gasteiger partial charge in [-0.1, -0.05) is 285 Å². The second-order valence-electron chi connectivity index (χ2n) is 23.5. The first-order valence-corrected chi connectivity index (χ1v) is 37.3. The molecule has 0 heterocycles. The number of carbonyl (C=O) groups is 4. The van der Waals surface area contributed by atoms with Crippen molar-refractivity contribution in [2.45, 2.75) is 354 Å². The monoisotopic (exact) mass is 1240 g/mol. The van der Waals surface area contributed by atoms with Crippen molar-refractivity contribution in [1.82, 2.24) is 0 Å². The van der Waals surface area contributed by atoms with Crippen molar-refractivity contribution in [3.05, 3.63) is 0 Å². The summed E-state index contributed by atoms with van der Waals surface area (Å²) in [7, 11) is -9.88. The third-order valence-corrected chi connectivity index (χ3v) is 17.0. The SMILES string of the molecule is CCCCCCCCCCCCCCCCCC(=O)O[C@H](COC(=O)CCCCCCCCCCCCC)COP(=O)(O)OC[C@@H](O)COP(=O)(O)OC[C@@H](COC(=O)CCCCCCCCCCC)OC(=O)CCCCCCCCCCC. The molecule has 0 aliphatic rings. The normalized spacial score (nSPS) is 14.1. The fourth-order valence-electron chi connectivity index (χ4n) is 9.81. The molecule has 0 saturated carbocycles. The zero-order chi connectivity index (χ0) is 61.9. The Morgan fingerprint density at radius 1 is 0.286 bits per heavy atom. The van der Waals surface area contributed by atoms with Crippen LogP contribution in [0.2, 0.25) is 0 Å². The van der Waals surface area contributed by atoms with Crippen LogP contribution in [0, 0.1) is 0 Å². The number of hydrogen-bond acceptors (Lipinski definition) is 15. The van der Waals surface area contributed by atoms with E-state index in [-0.39, 0.29) is 25.7 Å². The van der Waals surface area contributed by atoms with Gasteiger partial charge in [0, 0.05) is 25.7 Å². The Morgan fingerprint density at radius 2 is 0.476 bits per heavy atom. The Labute approximate surface area is 511 Å². The van der Waals surface area contributed by atoms with Crippen molar-refractivity contribution in [2.75, 3.05) is 39.6 Å². The van der Waals surface area contributed by atoms with Crippen LogP contribution in [0.25, 0.3) is 0 Å². The lowest BCUT2D eigenvalue weighted by atomic mass is 10.0. The Kier molecular flexibility index (Phi) is 58.6. The molecule has 0 aromatic rings. The van der Waals surface area contributed by atoms with E-state index in [1.54, 1.807) is 0 Å². The molecule has 0 rings (SSSR count). The van der Waals surface area contributed by atoms with Gasteiger partial charge in [0.1, 0.15) is 19.3 Å². The topological polar surface area (TPSA) is 237 Å². The highest BCUT2D eigenvalue weighted by molar-refractivity contribution is 7.47. The molecular weight excluding hydrogens is 1110 g/mol. The van der Waals surface area contributed by atoms with Gasteiger partial charge >= 0.3 is 39.5 Å². The standard InChI is InChI=1S/C65H126O17P2/c1-5-9-13-17-21-25-27-28-29-30-32-36-40-44-48-52-65(70)82-61(56-76-63(68)50-46-42-38-35-31-26-22-18-14-10-6-2)58-80-84(73,74)78-54-59(66)53-77-83(71,72)79-57-60(81-64(69)51-47-43-39-34-24-20-16-12-8-4)55-75-62(67)49-45-41-37-33-23-19-15-11-7-3/h59-61,66H,5-58H2,1-4H3,(H,71,72)(H,73,74)/t59-,60+,61+/m0/s1. The number of phosphoric acid groups is 2. The number of carbonyl (C=O) groups excluding carboxylic acids is 4. The summed E-state index contributed by atoms with van der Waals surface area (Å²) in [6.45, 7) is 4.88. The smallest absolute Gasteiger partial charge is 0.462 e. The number of aliphatic hydroxyl groups is 1. The molecule has 0 fully saturated rings. The molecule has 84 heavy (non-hydrogen) atoms. The largest absolute Gasteiger partial charge is 0.472 e. The molecule has 2 unspecified atom stereocenters. The van der Waals surface area contributed by atoms with E-state index in [1.807, 2.05) is 0 Å². The molecule has 0 bridgehead atoms. The number of rotatable bonds is 66. The van der Waals surface area contributed by atoms with Gasteiger partial charge in [-0.05, 0) is 25.7 Å². The van der Waals surface area contributed by atoms with Crippen molar-refractivity contribution in [1.29, 1.82) is 0 Å². The fraction of sp³-hybridized carbons (Fsp3) is 0.938. The molecule has 0 aromatic carbocycles. The van der Waals surface area contributed by atoms with Gasteiger partial charge in [-0.25, -0.2) is 9.13 Å². The molecule has 3 N–H and O–H groups in total. The number of hydrogen-bond donors (Lipinski definition) is 3. The highest BCUT2D eigenvalue weighted by atomic mass is 31.2. The number of esters is 4. The Bertz CT molecular complexity index is 1620. The van der Waals surface area contributed by atoms with Crippen LogP contribution < -0.4 is 0 Å². The third-order valence-electron chi connectivity index (χ3n) is 15.1. The number of unbranched alkanes of at least 4 members (excludes halogenated alkanes) is 40. The average molecular weight is 1240 g/mol. The summed E-state index contributed by atoms with van der Waals surface area (Å²) >= 11 is 0. The van der Waals surface area contributed by atoms with Gasteiger partial charge in [-0.2, -0.15) is 0 Å². The zero-order valence-corrected chi connectivity index (χ0v) is 55.7. The summed E-state index contributed by atoms with van der Waals surface area (Å²) in [5.74, 6) is -2.13. The van der Waals surface area contributed by atoms with Gasteiger partial charge < -0.3 is 33.8 Å². The number of ether oxygens (including phenoxy) is 4. The van der Waals surface area contributed by atoms with Crippen LogP contribution >= 0.6 is 15.6 Å². The summed E-state index contributed by atoms with van der Waals surface area (Å²) in [4.78, 5) is 72.2. The van der Waals surface area contributed by atoms with Gasteiger partial charge in [-0.15, -0.1) is 0 Å². The van der Waals surface area contributed by atoms with Crippen LogP contribution in [-0.4, -0.2) is 96.7 Å². The summed E-state index contributed by atoms with van der Waals surface area (Å²) in [5.41, 5.74) is 0. The fourth-order valence-corrected chi connectivity index (χ4v) is 11.4. The number of phosphoric ester groups is 2. The zero-order valence-electron chi connectivity index (χ0n) is 53.9. The van der Waals surface area contributed by atoms with Gasteiger partial charge in [0.15, 0.2) is 12.2 Å². The molecule has 5 atom stereocenters. The molecule has 0 spiro atoms. The molecule has 0 radical (unpaired) electrons. The maximum Gasteiger partial charge on any atom is 0.472 e. The minimum atomic E-state index is -4.94. The lowest BCUT2D eigenvalue weighted by molar-refractivity contribution is -0.161. The highest BCUT2D eigenvalue weighted by Crippen LogP contribution is 2.45. The van der Waals surface area contributed by atoms with Crippen LogP contribution in [0.3, 0.4) is 0 Å². The van der Waals surface area contributed by atoms with Crippen molar-refractivity contribution < 1.29 is 80.2 Å². The molecule has 0 aromatic heterocycles. The van der Waals surface area contributed by atoms with Gasteiger partial charge in [0.05, 0.1) is 26.4 Å². The molecule has 0 aliphatic heterocycles. The first-order valence-electron chi connectivity index (χ1n) is 34.3. The van der Waals surface area contributed by atoms with Crippen molar-refractivity contribution >= 4 is 39.5 Å². The first-order chi connectivity index (χ1) is 40.7. The van der Waals surface area contributed by atoms with Crippen molar-refractivity contribution in [2.24, 2.45) is 0 Å². The van der Waals surface area contributed by atoms with E-state index in [4.69, 9.17) is 37.0 Å². The Balaban J connectivity index is 5.21. The lowest BCUT2D eigenvalue weighted by Gasteiger charge is -2.21. The van der Waals surface area contributed by atoms with E-state index in [0.29, 0.717) is 25.7 Å². The van der Waals surface area contributed by atoms with Crippen LogP contribution in [0.4, 0.5) is 0 Å². The Morgan fingerprint density at radius 3 is 0.702 bits per heavy atom. The minimum absolute atomic E-state index is 0.106. The van der Waals surface area contributed by atoms with E-state index in [0.717, 1.165) is 89.9 Å². The van der Waals surface area contributed by atoms with E-state index in [1.165, 1.54) is 167 Å². The second-order valence-corrected chi connectivity index (χ2v) is 26.4. The van der Waals surface area contributed by atoms with Crippen molar-refractivity contribution in [3.8, 4) is 0 Å². The quantitative estimate of drug-likeness (QED) is 0.0222. The first kappa shape index (κ1) is 82.1. The van der Waals surface area contributed by atoms with Gasteiger partial charge in [-0.3, -0.25) is 37.3 Å². The minimum Gasteiger partial charge on any atom is -0.462 e. The predicted octanol–water partition coefficient (Wildman–Crippen LogP) is 18.3. The van der Waals surface area contributed by atoms with Crippen LogP contribution in [-0.2, 0) is 65.4 Å². The maximum absolute atomic E-state index is 13.0. The Hall–Kier alpha value is -1.94. The third kappa shape index (κ3) is 59.0. The molecule has 498 valence electrons. The summed E-state index contributed by atoms with van der Waals surface area (Å²) < 4.78 is 68.0. The van der Waals surface area contributed by atoms with E-state index >= 15 is 0 Å². The van der Waals surface area contributed by atoms with E-state index in [2.05, 4.69) is 27.7 Å². The molecular formula is C65H126O17P2. The predicted molar refractivity (Wildman–Crippen MR) is 335 cm³/mol. The van der Waals surface area contributed by atoms with Gasteiger partial charge in [0.25, 0.3) is 0 Å². The van der Waals surface area contributed by atoms with Crippen LogP contribution in [0.15, 0.2) is 0 Å². The van der Waals surface area contributed by atoms with Crippen molar-refractivity contribution in [3.63, 3.8) is 0 Å². The van der Waals surface area contributed by atoms with Crippen LogP contribution in [0.1, 0.15) is 336 Å².